The number of nitrogens with one attached hydrogen (secondary N) is 1. The molecule has 3 aliphatic rings. The highest BCUT2D eigenvalue weighted by molar-refractivity contribution is 7.91. The van der Waals surface area contributed by atoms with Crippen LogP contribution in [0.25, 0.3) is 0 Å². The van der Waals surface area contributed by atoms with Gasteiger partial charge in [-0.15, -0.1) is 0 Å². The molecule has 0 bridgehead atoms. The fourth-order valence-corrected chi connectivity index (χ4v) is 4.66. The van der Waals surface area contributed by atoms with Crippen LogP contribution < -0.4 is 5.32 Å². The number of aromatic nitrogens is 2. The number of ether oxygens (including phenoxy) is 1. The number of hydrogen-bond donors (Lipinski definition) is 1. The summed E-state index contributed by atoms with van der Waals surface area (Å²) in [6.07, 6.45) is 2.93. The van der Waals surface area contributed by atoms with E-state index in [2.05, 4.69) is 20.2 Å². The van der Waals surface area contributed by atoms with Gasteiger partial charge in [0.15, 0.2) is 5.82 Å². The van der Waals surface area contributed by atoms with Crippen molar-refractivity contribution in [3.05, 3.63) is 11.0 Å². The van der Waals surface area contributed by atoms with Crippen molar-refractivity contribution in [3.8, 4) is 0 Å². The first-order chi connectivity index (χ1) is 10.7. The third-order valence-corrected chi connectivity index (χ3v) is 6.16. The number of anilines is 1. The van der Waals surface area contributed by atoms with Crippen LogP contribution in [0.5, 0.6) is 0 Å². The van der Waals surface area contributed by atoms with Crippen LogP contribution in [0.1, 0.15) is 18.5 Å². The molecule has 8 heteroatoms. The predicted molar refractivity (Wildman–Crippen MR) is 84.9 cm³/mol. The zero-order chi connectivity index (χ0) is 15.2. The second kappa shape index (κ2) is 5.79. The smallest absolute Gasteiger partial charge is 0.224 e. The molecule has 22 heavy (non-hydrogen) atoms. The summed E-state index contributed by atoms with van der Waals surface area (Å²) < 4.78 is 17.6. The average Bonchev–Trinajstić information content (AvgIpc) is 3.14. The number of morpholine rings is 1. The maximum atomic E-state index is 12.2. The molecule has 2 fully saturated rings. The molecule has 1 atom stereocenters. The lowest BCUT2D eigenvalue weighted by atomic mass is 10.2. The van der Waals surface area contributed by atoms with Gasteiger partial charge in [-0.05, 0) is 35.6 Å². The summed E-state index contributed by atoms with van der Waals surface area (Å²) in [6, 6.07) is 0. The van der Waals surface area contributed by atoms with Crippen LogP contribution in [-0.2, 0) is 22.3 Å². The molecule has 1 aromatic heterocycles. The minimum atomic E-state index is -1.01. The number of hydrogen-bond acceptors (Lipinski definition) is 6. The predicted octanol–water partition coefficient (Wildman–Crippen LogP) is 1.07. The molecule has 2 aliphatic heterocycles. The first-order valence-corrected chi connectivity index (χ1v) is 9.38. The number of fused-ring (bicyclic) bond motifs is 1. The van der Waals surface area contributed by atoms with Crippen LogP contribution in [0, 0.1) is 0 Å². The van der Waals surface area contributed by atoms with Crippen LogP contribution in [0.2, 0.25) is 5.28 Å². The Labute approximate surface area is 137 Å². The Kier molecular flexibility index (Phi) is 3.94. The van der Waals surface area contributed by atoms with Gasteiger partial charge in [0.2, 0.25) is 10.2 Å². The van der Waals surface area contributed by atoms with E-state index in [1.165, 1.54) is 0 Å². The Bertz CT molecular complexity index is 578. The quantitative estimate of drug-likeness (QED) is 0.652. The topological polar surface area (TPSA) is 73.3 Å². The molecular weight excluding hydrogens is 324 g/mol. The number of rotatable bonds is 4. The molecule has 1 aromatic rings. The van der Waals surface area contributed by atoms with E-state index in [9.17, 15) is 4.55 Å². The van der Waals surface area contributed by atoms with Crippen molar-refractivity contribution in [1.29, 1.82) is 0 Å². The van der Waals surface area contributed by atoms with Crippen molar-refractivity contribution in [3.63, 3.8) is 0 Å². The van der Waals surface area contributed by atoms with Crippen molar-refractivity contribution >= 4 is 28.6 Å². The van der Waals surface area contributed by atoms with E-state index in [0.717, 1.165) is 62.7 Å². The van der Waals surface area contributed by atoms with Crippen LogP contribution in [-0.4, -0.2) is 63.6 Å². The van der Waals surface area contributed by atoms with Crippen LogP contribution in [0.4, 0.5) is 5.82 Å². The molecule has 1 aliphatic carbocycles. The molecule has 0 amide bonds. The summed E-state index contributed by atoms with van der Waals surface area (Å²) in [5, 5.41) is 3.78. The van der Waals surface area contributed by atoms with Crippen molar-refractivity contribution < 1.29 is 9.29 Å². The third kappa shape index (κ3) is 2.92. The molecule has 0 radical (unpaired) electrons. The SMILES string of the molecule is [O-][S@+]1CCc2nc(Cl)nc(NC3(CN4CCOCC4)CC3)c21. The standard InChI is InChI=1S/C14H19ClN4O2S/c15-13-16-10-1-8-22(20)11(10)12(17-13)18-14(2-3-14)9-19-4-6-21-7-5-19/h1-9H2,(H,16,17,18)/t22-/m1/s1. The maximum Gasteiger partial charge on any atom is 0.224 e. The molecule has 3 heterocycles. The second-order valence-corrected chi connectivity index (χ2v) is 8.06. The first-order valence-electron chi connectivity index (χ1n) is 7.68. The summed E-state index contributed by atoms with van der Waals surface area (Å²) in [6.45, 7) is 4.51. The van der Waals surface area contributed by atoms with Gasteiger partial charge in [0.1, 0.15) is 11.4 Å². The zero-order valence-corrected chi connectivity index (χ0v) is 13.9. The van der Waals surface area contributed by atoms with Crippen molar-refractivity contribution in [2.24, 2.45) is 0 Å². The highest BCUT2D eigenvalue weighted by Gasteiger charge is 2.46. The van der Waals surface area contributed by atoms with Crippen LogP contribution >= 0.6 is 11.6 Å². The third-order valence-electron chi connectivity index (χ3n) is 4.53. The minimum absolute atomic E-state index is 0.0373. The normalized spacial score (nSPS) is 26.7. The highest BCUT2D eigenvalue weighted by Crippen LogP contribution is 2.42. The van der Waals surface area contributed by atoms with Gasteiger partial charge in [0.25, 0.3) is 0 Å². The van der Waals surface area contributed by atoms with Gasteiger partial charge in [0, 0.05) is 26.1 Å². The molecule has 0 spiro atoms. The molecule has 6 nitrogen and oxygen atoms in total. The Morgan fingerprint density at radius 1 is 1.32 bits per heavy atom. The van der Waals surface area contributed by atoms with Gasteiger partial charge in [0.05, 0.1) is 18.8 Å². The van der Waals surface area contributed by atoms with Gasteiger partial charge < -0.3 is 14.6 Å². The first kappa shape index (κ1) is 15.0. The van der Waals surface area contributed by atoms with E-state index in [1.807, 2.05) is 0 Å². The van der Waals surface area contributed by atoms with Gasteiger partial charge in [-0.2, -0.15) is 4.98 Å². The van der Waals surface area contributed by atoms with E-state index in [0.29, 0.717) is 11.6 Å². The lowest BCUT2D eigenvalue weighted by Gasteiger charge is -2.31. The summed E-state index contributed by atoms with van der Waals surface area (Å²) in [4.78, 5) is 11.7. The van der Waals surface area contributed by atoms with Gasteiger partial charge in [-0.3, -0.25) is 4.90 Å². The van der Waals surface area contributed by atoms with Crippen LogP contribution in [0.3, 0.4) is 0 Å². The minimum Gasteiger partial charge on any atom is -0.611 e. The van der Waals surface area contributed by atoms with Gasteiger partial charge in [-0.1, -0.05) is 0 Å². The Hall–Kier alpha value is -0.600. The largest absolute Gasteiger partial charge is 0.611 e. The van der Waals surface area contributed by atoms with Gasteiger partial charge >= 0.3 is 0 Å². The average molecular weight is 343 g/mol. The fraction of sp³-hybridized carbons (Fsp3) is 0.714. The lowest BCUT2D eigenvalue weighted by Crippen LogP contribution is -2.44. The summed E-state index contributed by atoms with van der Waals surface area (Å²) >= 11 is 5.02. The van der Waals surface area contributed by atoms with Gasteiger partial charge in [-0.25, -0.2) is 4.98 Å². The fourth-order valence-electron chi connectivity index (χ4n) is 3.16. The Morgan fingerprint density at radius 3 is 2.82 bits per heavy atom. The van der Waals surface area contributed by atoms with E-state index in [1.54, 1.807) is 0 Å². The summed E-state index contributed by atoms with van der Waals surface area (Å²) in [7, 11) is 0. The zero-order valence-electron chi connectivity index (χ0n) is 12.3. The van der Waals surface area contributed by atoms with E-state index >= 15 is 0 Å². The number of aryl methyl sites for hydroxylation is 1. The van der Waals surface area contributed by atoms with Crippen LogP contribution in [0.15, 0.2) is 4.90 Å². The molecular formula is C14H19ClN4O2S. The van der Waals surface area contributed by atoms with E-state index in [4.69, 9.17) is 16.3 Å². The monoisotopic (exact) mass is 342 g/mol. The molecule has 120 valence electrons. The van der Waals surface area contributed by atoms with Crippen molar-refractivity contribution in [2.45, 2.75) is 29.7 Å². The summed E-state index contributed by atoms with van der Waals surface area (Å²) in [5.74, 6) is 1.30. The lowest BCUT2D eigenvalue weighted by molar-refractivity contribution is 0.0350. The molecule has 0 unspecified atom stereocenters. The second-order valence-electron chi connectivity index (χ2n) is 6.21. The van der Waals surface area contributed by atoms with E-state index < -0.39 is 11.2 Å². The Morgan fingerprint density at radius 2 is 2.09 bits per heavy atom. The molecule has 4 rings (SSSR count). The number of nitrogens with zero attached hydrogens (tertiary/aromatic N) is 3. The van der Waals surface area contributed by atoms with Crippen molar-refractivity contribution in [1.82, 2.24) is 14.9 Å². The summed E-state index contributed by atoms with van der Waals surface area (Å²) in [5.41, 5.74) is 0.873. The maximum absolute atomic E-state index is 12.2. The molecule has 1 saturated carbocycles. The Balaban J connectivity index is 1.53. The molecule has 0 aromatic carbocycles. The highest BCUT2D eigenvalue weighted by atomic mass is 35.5. The molecule has 1 N–H and O–H groups in total. The molecule has 1 saturated heterocycles. The van der Waals surface area contributed by atoms with E-state index in [-0.39, 0.29) is 10.8 Å². The van der Waals surface area contributed by atoms with Crippen molar-refractivity contribution in [2.75, 3.05) is 43.9 Å². The number of halogens is 1.